The fourth-order valence-electron chi connectivity index (χ4n) is 2.99. The van der Waals surface area contributed by atoms with E-state index in [1.165, 1.54) is 13.1 Å². The van der Waals surface area contributed by atoms with Crippen LogP contribution in [0.1, 0.15) is 43.8 Å². The van der Waals surface area contributed by atoms with Crippen molar-refractivity contribution in [3.63, 3.8) is 0 Å². The third-order valence-electron chi connectivity index (χ3n) is 4.42. The van der Waals surface area contributed by atoms with E-state index in [1.807, 2.05) is 19.9 Å². The number of carbonyl (C=O) groups excluding carboxylic acids is 3. The maximum Gasteiger partial charge on any atom is 0.269 e. The fourth-order valence-corrected chi connectivity index (χ4v) is 2.99. The number of fused-ring (bicyclic) bond motifs is 1. The van der Waals surface area contributed by atoms with E-state index in [0.717, 1.165) is 23.4 Å². The molecule has 0 aliphatic carbocycles. The summed E-state index contributed by atoms with van der Waals surface area (Å²) in [4.78, 5) is 40.8. The van der Waals surface area contributed by atoms with Gasteiger partial charge in [0, 0.05) is 30.3 Å². The molecule has 3 aromatic rings. The Hall–Kier alpha value is -3.68. The standard InChI is InChI=1S/C20H21N5O3/c1-4-25-12(2)22-16-11-15(8-9-17(16)25)20(28)24-23-19(27)14-7-5-6-13(10-14)18(26)21-3/h5-11H,4H2,1-3H3,(H,21,26)(H,23,27)(H,24,28). The Bertz CT molecular complexity index is 1070. The van der Waals surface area contributed by atoms with E-state index in [0.29, 0.717) is 11.1 Å². The zero-order chi connectivity index (χ0) is 20.3. The van der Waals surface area contributed by atoms with Crippen molar-refractivity contribution in [2.45, 2.75) is 20.4 Å². The van der Waals surface area contributed by atoms with Gasteiger partial charge in [0.05, 0.1) is 11.0 Å². The minimum absolute atomic E-state index is 0.258. The van der Waals surface area contributed by atoms with Gasteiger partial charge in [0.15, 0.2) is 0 Å². The topological polar surface area (TPSA) is 105 Å². The number of nitrogens with one attached hydrogen (secondary N) is 3. The Kier molecular flexibility index (Phi) is 5.39. The minimum atomic E-state index is -0.522. The van der Waals surface area contributed by atoms with E-state index in [4.69, 9.17) is 0 Å². The molecule has 2 aromatic carbocycles. The second-order valence-electron chi connectivity index (χ2n) is 6.17. The number of hydrogen-bond acceptors (Lipinski definition) is 4. The molecule has 28 heavy (non-hydrogen) atoms. The molecular formula is C20H21N5O3. The third kappa shape index (κ3) is 3.71. The Morgan fingerprint density at radius 3 is 2.14 bits per heavy atom. The van der Waals surface area contributed by atoms with Crippen LogP contribution in [0, 0.1) is 6.92 Å². The molecule has 8 heteroatoms. The molecular weight excluding hydrogens is 358 g/mol. The summed E-state index contributed by atoms with van der Waals surface area (Å²) in [6.45, 7) is 4.73. The van der Waals surface area contributed by atoms with Crippen LogP contribution in [0.15, 0.2) is 42.5 Å². The molecule has 144 valence electrons. The van der Waals surface area contributed by atoms with Crippen molar-refractivity contribution in [2.24, 2.45) is 0 Å². The zero-order valence-electron chi connectivity index (χ0n) is 15.9. The number of carbonyl (C=O) groups is 3. The summed E-state index contributed by atoms with van der Waals surface area (Å²) in [6, 6.07) is 11.4. The van der Waals surface area contributed by atoms with Gasteiger partial charge in [-0.15, -0.1) is 0 Å². The molecule has 3 amide bonds. The van der Waals surface area contributed by atoms with Crippen molar-refractivity contribution in [2.75, 3.05) is 7.05 Å². The van der Waals surface area contributed by atoms with Crippen LogP contribution < -0.4 is 16.2 Å². The first kappa shape index (κ1) is 19.1. The van der Waals surface area contributed by atoms with Crippen LogP contribution >= 0.6 is 0 Å². The fraction of sp³-hybridized carbons (Fsp3) is 0.200. The van der Waals surface area contributed by atoms with E-state index in [2.05, 4.69) is 25.7 Å². The SMILES string of the molecule is CCn1c(C)nc2cc(C(=O)NNC(=O)c3cccc(C(=O)NC)c3)ccc21. The molecule has 0 fully saturated rings. The summed E-state index contributed by atoms with van der Waals surface area (Å²) in [5.41, 5.74) is 7.41. The number of hydrazine groups is 1. The summed E-state index contributed by atoms with van der Waals surface area (Å²) >= 11 is 0. The highest BCUT2D eigenvalue weighted by molar-refractivity contribution is 6.02. The average molecular weight is 379 g/mol. The third-order valence-corrected chi connectivity index (χ3v) is 4.42. The molecule has 0 radical (unpaired) electrons. The second kappa shape index (κ2) is 7.91. The van der Waals surface area contributed by atoms with Crippen LogP contribution in [0.2, 0.25) is 0 Å². The smallest absolute Gasteiger partial charge is 0.269 e. The quantitative estimate of drug-likeness (QED) is 0.601. The predicted molar refractivity (Wildman–Crippen MR) is 105 cm³/mol. The number of nitrogens with zero attached hydrogens (tertiary/aromatic N) is 2. The molecule has 0 aliphatic heterocycles. The molecule has 8 nitrogen and oxygen atoms in total. The maximum atomic E-state index is 12.4. The van der Waals surface area contributed by atoms with Crippen molar-refractivity contribution in [1.82, 2.24) is 25.7 Å². The van der Waals surface area contributed by atoms with Gasteiger partial charge in [-0.1, -0.05) is 6.07 Å². The number of imidazole rings is 1. The van der Waals surface area contributed by atoms with Gasteiger partial charge in [0.25, 0.3) is 17.7 Å². The van der Waals surface area contributed by atoms with Crippen molar-refractivity contribution >= 4 is 28.8 Å². The van der Waals surface area contributed by atoms with Crippen molar-refractivity contribution in [1.29, 1.82) is 0 Å². The lowest BCUT2D eigenvalue weighted by Gasteiger charge is -2.09. The molecule has 0 bridgehead atoms. The van der Waals surface area contributed by atoms with Gasteiger partial charge in [-0.25, -0.2) is 4.98 Å². The van der Waals surface area contributed by atoms with E-state index < -0.39 is 11.8 Å². The summed E-state index contributed by atoms with van der Waals surface area (Å²) in [5, 5.41) is 2.50. The Morgan fingerprint density at radius 1 is 0.929 bits per heavy atom. The van der Waals surface area contributed by atoms with Gasteiger partial charge in [0.2, 0.25) is 0 Å². The predicted octanol–water partition coefficient (Wildman–Crippen LogP) is 1.80. The molecule has 3 rings (SSSR count). The highest BCUT2D eigenvalue weighted by Gasteiger charge is 2.13. The molecule has 0 unspecified atom stereocenters. The second-order valence-corrected chi connectivity index (χ2v) is 6.17. The van der Waals surface area contributed by atoms with Crippen LogP contribution in [0.5, 0.6) is 0 Å². The molecule has 1 heterocycles. The summed E-state index contributed by atoms with van der Waals surface area (Å²) in [6.07, 6.45) is 0. The highest BCUT2D eigenvalue weighted by Crippen LogP contribution is 2.17. The van der Waals surface area contributed by atoms with E-state index in [-0.39, 0.29) is 11.5 Å². The normalized spacial score (nSPS) is 10.5. The lowest BCUT2D eigenvalue weighted by atomic mass is 10.1. The first-order valence-electron chi connectivity index (χ1n) is 8.84. The molecule has 0 atom stereocenters. The van der Waals surface area contributed by atoms with Crippen LogP contribution in [0.3, 0.4) is 0 Å². The van der Waals surface area contributed by atoms with Crippen molar-refractivity contribution in [3.05, 3.63) is 65.0 Å². The molecule has 0 saturated heterocycles. The van der Waals surface area contributed by atoms with Gasteiger partial charge >= 0.3 is 0 Å². The van der Waals surface area contributed by atoms with Gasteiger partial charge in [-0.3, -0.25) is 25.2 Å². The molecule has 1 aromatic heterocycles. The number of aromatic nitrogens is 2. The highest BCUT2D eigenvalue weighted by atomic mass is 16.2. The molecule has 3 N–H and O–H groups in total. The first-order chi connectivity index (χ1) is 13.4. The van der Waals surface area contributed by atoms with Gasteiger partial charge in [-0.2, -0.15) is 0 Å². The largest absolute Gasteiger partial charge is 0.355 e. The molecule has 0 spiro atoms. The Balaban J connectivity index is 1.71. The summed E-state index contributed by atoms with van der Waals surface area (Å²) in [5.74, 6) is -0.402. The maximum absolute atomic E-state index is 12.4. The Labute approximate surface area is 161 Å². The van der Waals surface area contributed by atoms with Crippen molar-refractivity contribution < 1.29 is 14.4 Å². The van der Waals surface area contributed by atoms with Crippen LogP contribution in [-0.2, 0) is 6.54 Å². The van der Waals surface area contributed by atoms with Crippen LogP contribution in [-0.4, -0.2) is 34.3 Å². The van der Waals surface area contributed by atoms with E-state index >= 15 is 0 Å². The van der Waals surface area contributed by atoms with Crippen molar-refractivity contribution in [3.8, 4) is 0 Å². The monoisotopic (exact) mass is 379 g/mol. The zero-order valence-corrected chi connectivity index (χ0v) is 15.9. The molecule has 0 aliphatic rings. The van der Waals surface area contributed by atoms with E-state index in [9.17, 15) is 14.4 Å². The minimum Gasteiger partial charge on any atom is -0.355 e. The Morgan fingerprint density at radius 2 is 1.54 bits per heavy atom. The average Bonchev–Trinajstić information content (AvgIpc) is 3.05. The summed E-state index contributed by atoms with van der Waals surface area (Å²) in [7, 11) is 1.51. The number of aryl methyl sites for hydroxylation is 2. The number of benzene rings is 2. The summed E-state index contributed by atoms with van der Waals surface area (Å²) < 4.78 is 2.05. The van der Waals surface area contributed by atoms with Crippen LogP contribution in [0.4, 0.5) is 0 Å². The first-order valence-corrected chi connectivity index (χ1v) is 8.84. The van der Waals surface area contributed by atoms with Gasteiger partial charge in [0.1, 0.15) is 5.82 Å². The van der Waals surface area contributed by atoms with E-state index in [1.54, 1.807) is 30.3 Å². The lowest BCUT2D eigenvalue weighted by molar-refractivity contribution is 0.0846. The number of amides is 3. The lowest BCUT2D eigenvalue weighted by Crippen LogP contribution is -2.41. The number of hydrogen-bond donors (Lipinski definition) is 3. The number of rotatable bonds is 4. The molecule has 0 saturated carbocycles. The van der Waals surface area contributed by atoms with Gasteiger partial charge < -0.3 is 9.88 Å². The van der Waals surface area contributed by atoms with Gasteiger partial charge in [-0.05, 0) is 50.2 Å². The van der Waals surface area contributed by atoms with Crippen LogP contribution in [0.25, 0.3) is 11.0 Å².